The van der Waals surface area contributed by atoms with Crippen molar-refractivity contribution in [1.82, 2.24) is 24.9 Å². The molecule has 2 rings (SSSR count). The van der Waals surface area contributed by atoms with E-state index in [1.807, 2.05) is 13.0 Å². The van der Waals surface area contributed by atoms with E-state index in [9.17, 15) is 14.9 Å². The number of carbonyl (C=O) groups excluding carboxylic acids is 1. The molecule has 0 saturated carbocycles. The number of aromatic nitrogens is 4. The molecule has 0 radical (unpaired) electrons. The fourth-order valence-corrected chi connectivity index (χ4v) is 1.72. The standard InChI is InChI=1S/C11H14N6O3/c1-2-16-9(3-5-13-16)7-12-11(18)8-15-6-4-10(14-15)17(19)20/h3-6H,2,7-8H2,1H3,(H,12,18). The van der Waals surface area contributed by atoms with Crippen molar-refractivity contribution < 1.29 is 9.72 Å². The Morgan fingerprint density at radius 3 is 2.95 bits per heavy atom. The van der Waals surface area contributed by atoms with Gasteiger partial charge in [-0.25, -0.2) is 0 Å². The molecule has 0 aliphatic heterocycles. The van der Waals surface area contributed by atoms with Gasteiger partial charge < -0.3 is 15.4 Å². The lowest BCUT2D eigenvalue weighted by Gasteiger charge is -2.06. The van der Waals surface area contributed by atoms with Crippen LogP contribution in [0.15, 0.2) is 24.5 Å². The van der Waals surface area contributed by atoms with E-state index in [0.29, 0.717) is 6.54 Å². The molecule has 0 aliphatic rings. The maximum Gasteiger partial charge on any atom is 0.389 e. The minimum absolute atomic E-state index is 0.0614. The van der Waals surface area contributed by atoms with Gasteiger partial charge in [0, 0.05) is 12.7 Å². The number of hydrogen-bond donors (Lipinski definition) is 1. The summed E-state index contributed by atoms with van der Waals surface area (Å²) in [5.74, 6) is -0.547. The van der Waals surface area contributed by atoms with Crippen LogP contribution in [0.2, 0.25) is 0 Å². The van der Waals surface area contributed by atoms with Crippen LogP contribution in [0.25, 0.3) is 0 Å². The summed E-state index contributed by atoms with van der Waals surface area (Å²) in [5.41, 5.74) is 0.896. The predicted octanol–water partition coefficient (Wildman–Crippen LogP) is 0.324. The molecule has 2 aromatic heterocycles. The minimum Gasteiger partial charge on any atom is -0.358 e. The van der Waals surface area contributed by atoms with Gasteiger partial charge in [0.15, 0.2) is 0 Å². The first-order valence-corrected chi connectivity index (χ1v) is 6.05. The van der Waals surface area contributed by atoms with E-state index in [1.165, 1.54) is 16.9 Å². The average Bonchev–Trinajstić information content (AvgIpc) is 3.04. The number of nitrogens with one attached hydrogen (secondary N) is 1. The van der Waals surface area contributed by atoms with Crippen molar-refractivity contribution in [2.45, 2.75) is 26.6 Å². The Morgan fingerprint density at radius 2 is 2.30 bits per heavy atom. The second-order valence-electron chi connectivity index (χ2n) is 4.04. The molecule has 1 amide bonds. The van der Waals surface area contributed by atoms with Gasteiger partial charge in [0.05, 0.1) is 29.6 Å². The van der Waals surface area contributed by atoms with Gasteiger partial charge in [0.2, 0.25) is 5.91 Å². The van der Waals surface area contributed by atoms with E-state index in [4.69, 9.17) is 0 Å². The lowest BCUT2D eigenvalue weighted by molar-refractivity contribution is -0.389. The normalized spacial score (nSPS) is 10.4. The van der Waals surface area contributed by atoms with E-state index in [2.05, 4.69) is 15.5 Å². The van der Waals surface area contributed by atoms with Crippen LogP contribution < -0.4 is 5.32 Å². The fraction of sp³-hybridized carbons (Fsp3) is 0.364. The molecule has 0 unspecified atom stereocenters. The minimum atomic E-state index is -0.603. The molecule has 2 aromatic rings. The highest BCUT2D eigenvalue weighted by molar-refractivity contribution is 5.75. The molecule has 0 fully saturated rings. The zero-order valence-electron chi connectivity index (χ0n) is 10.9. The first-order valence-electron chi connectivity index (χ1n) is 6.05. The summed E-state index contributed by atoms with van der Waals surface area (Å²) in [6, 6.07) is 3.07. The van der Waals surface area contributed by atoms with Crippen molar-refractivity contribution in [2.75, 3.05) is 0 Å². The molecule has 0 aliphatic carbocycles. The summed E-state index contributed by atoms with van der Waals surface area (Å²) < 4.78 is 3.00. The van der Waals surface area contributed by atoms with Gasteiger partial charge in [-0.1, -0.05) is 0 Å². The Balaban J connectivity index is 1.87. The molecule has 20 heavy (non-hydrogen) atoms. The van der Waals surface area contributed by atoms with E-state index >= 15 is 0 Å². The molecular formula is C11H14N6O3. The first-order chi connectivity index (χ1) is 9.60. The van der Waals surface area contributed by atoms with Gasteiger partial charge in [-0.15, -0.1) is 0 Å². The SMILES string of the molecule is CCn1nccc1CNC(=O)Cn1ccc([N+](=O)[O-])n1. The van der Waals surface area contributed by atoms with Crippen molar-refractivity contribution in [3.8, 4) is 0 Å². The number of carbonyl (C=O) groups is 1. The summed E-state index contributed by atoms with van der Waals surface area (Å²) in [6.07, 6.45) is 3.07. The molecule has 9 heteroatoms. The zero-order valence-corrected chi connectivity index (χ0v) is 10.9. The Labute approximate surface area is 114 Å². The topological polar surface area (TPSA) is 108 Å². The van der Waals surface area contributed by atoms with Crippen molar-refractivity contribution in [3.63, 3.8) is 0 Å². The monoisotopic (exact) mass is 278 g/mol. The van der Waals surface area contributed by atoms with Crippen molar-refractivity contribution in [2.24, 2.45) is 0 Å². The van der Waals surface area contributed by atoms with Gasteiger partial charge in [-0.2, -0.15) is 9.78 Å². The second-order valence-corrected chi connectivity index (χ2v) is 4.04. The van der Waals surface area contributed by atoms with Gasteiger partial charge in [-0.3, -0.25) is 9.48 Å². The van der Waals surface area contributed by atoms with Gasteiger partial charge in [0.25, 0.3) is 0 Å². The molecule has 106 valence electrons. The van der Waals surface area contributed by atoms with Crippen LogP contribution in [0.3, 0.4) is 0 Å². The highest BCUT2D eigenvalue weighted by atomic mass is 16.6. The molecule has 2 heterocycles. The molecule has 0 aromatic carbocycles. The number of nitrogens with zero attached hydrogens (tertiary/aromatic N) is 5. The molecule has 0 saturated heterocycles. The summed E-state index contributed by atoms with van der Waals surface area (Å²) in [5, 5.41) is 20.9. The molecule has 0 spiro atoms. The number of rotatable bonds is 6. The Kier molecular flexibility index (Phi) is 4.08. The van der Waals surface area contributed by atoms with E-state index < -0.39 is 4.92 Å². The Bertz CT molecular complexity index is 617. The Hall–Kier alpha value is -2.71. The van der Waals surface area contributed by atoms with Gasteiger partial charge in [0.1, 0.15) is 6.54 Å². The third-order valence-corrected chi connectivity index (χ3v) is 2.69. The summed E-state index contributed by atoms with van der Waals surface area (Å²) in [4.78, 5) is 21.6. The highest BCUT2D eigenvalue weighted by Crippen LogP contribution is 2.05. The van der Waals surface area contributed by atoms with Crippen LogP contribution in [0.1, 0.15) is 12.6 Å². The molecule has 1 N–H and O–H groups in total. The number of amides is 1. The largest absolute Gasteiger partial charge is 0.389 e. The summed E-state index contributed by atoms with van der Waals surface area (Å²) in [6.45, 7) is 2.98. The van der Waals surface area contributed by atoms with E-state index in [-0.39, 0.29) is 18.3 Å². The molecule has 9 nitrogen and oxygen atoms in total. The fourth-order valence-electron chi connectivity index (χ4n) is 1.72. The third-order valence-electron chi connectivity index (χ3n) is 2.69. The van der Waals surface area contributed by atoms with E-state index in [0.717, 1.165) is 12.2 Å². The number of nitro groups is 1. The average molecular weight is 278 g/mol. The lowest BCUT2D eigenvalue weighted by atomic mass is 10.4. The summed E-state index contributed by atoms with van der Waals surface area (Å²) in [7, 11) is 0. The van der Waals surface area contributed by atoms with Crippen LogP contribution in [0.4, 0.5) is 5.82 Å². The van der Waals surface area contributed by atoms with E-state index in [1.54, 1.807) is 10.9 Å². The smallest absolute Gasteiger partial charge is 0.358 e. The lowest BCUT2D eigenvalue weighted by Crippen LogP contribution is -2.28. The second kappa shape index (κ2) is 5.95. The molecular weight excluding hydrogens is 264 g/mol. The van der Waals surface area contributed by atoms with Gasteiger partial charge in [-0.05, 0) is 17.9 Å². The highest BCUT2D eigenvalue weighted by Gasteiger charge is 2.13. The predicted molar refractivity (Wildman–Crippen MR) is 68.6 cm³/mol. The van der Waals surface area contributed by atoms with Crippen molar-refractivity contribution >= 4 is 11.7 Å². The summed E-state index contributed by atoms with van der Waals surface area (Å²) >= 11 is 0. The molecule has 0 atom stereocenters. The zero-order chi connectivity index (χ0) is 14.5. The van der Waals surface area contributed by atoms with Crippen LogP contribution >= 0.6 is 0 Å². The van der Waals surface area contributed by atoms with Crippen LogP contribution in [-0.2, 0) is 24.4 Å². The third kappa shape index (κ3) is 3.19. The number of aryl methyl sites for hydroxylation is 1. The number of hydrogen-bond acceptors (Lipinski definition) is 5. The van der Waals surface area contributed by atoms with Crippen LogP contribution in [-0.4, -0.2) is 30.4 Å². The van der Waals surface area contributed by atoms with Crippen LogP contribution in [0, 0.1) is 10.1 Å². The van der Waals surface area contributed by atoms with Crippen LogP contribution in [0.5, 0.6) is 0 Å². The maximum absolute atomic E-state index is 11.7. The maximum atomic E-state index is 11.7. The van der Waals surface area contributed by atoms with Crippen molar-refractivity contribution in [3.05, 3.63) is 40.3 Å². The van der Waals surface area contributed by atoms with Crippen molar-refractivity contribution in [1.29, 1.82) is 0 Å². The molecule has 0 bridgehead atoms. The first kappa shape index (κ1) is 13.7. The quantitative estimate of drug-likeness (QED) is 0.605. The van der Waals surface area contributed by atoms with Gasteiger partial charge >= 0.3 is 5.82 Å². The Morgan fingerprint density at radius 1 is 1.50 bits per heavy atom.